The van der Waals surface area contributed by atoms with Gasteiger partial charge in [0.25, 0.3) is 0 Å². The number of nitrogens with one attached hydrogen (secondary N) is 1. The highest BCUT2D eigenvalue weighted by Crippen LogP contribution is 2.25. The summed E-state index contributed by atoms with van der Waals surface area (Å²) in [6.07, 6.45) is -0.00451. The van der Waals surface area contributed by atoms with E-state index in [0.29, 0.717) is 19.6 Å². The number of aliphatic hydroxyl groups excluding tert-OH is 1. The topological polar surface area (TPSA) is 89.5 Å². The Labute approximate surface area is 128 Å². The minimum atomic E-state index is -0.584. The van der Waals surface area contributed by atoms with Gasteiger partial charge >= 0.3 is 0 Å². The summed E-state index contributed by atoms with van der Waals surface area (Å²) in [4.78, 5) is 10.7. The number of aromatic nitrogens is 1. The zero-order chi connectivity index (χ0) is 15.5. The third-order valence-electron chi connectivity index (χ3n) is 3.96. The van der Waals surface area contributed by atoms with Gasteiger partial charge in [0.1, 0.15) is 0 Å². The first kappa shape index (κ1) is 14.9. The second kappa shape index (κ2) is 6.37. The maximum atomic E-state index is 10.7. The van der Waals surface area contributed by atoms with Gasteiger partial charge in [0, 0.05) is 41.8 Å². The van der Waals surface area contributed by atoms with Gasteiger partial charge in [-0.05, 0) is 30.7 Å². The summed E-state index contributed by atoms with van der Waals surface area (Å²) in [5.41, 5.74) is 8.43. The van der Waals surface area contributed by atoms with Crippen molar-refractivity contribution in [3.8, 4) is 0 Å². The predicted octanol–water partition coefficient (Wildman–Crippen LogP) is 1.21. The van der Waals surface area contributed by atoms with Crippen molar-refractivity contribution in [3.05, 3.63) is 30.0 Å². The van der Waals surface area contributed by atoms with Crippen molar-refractivity contribution in [3.63, 3.8) is 0 Å². The highest BCUT2D eigenvalue weighted by molar-refractivity contribution is 5.85. The van der Waals surface area contributed by atoms with E-state index in [9.17, 15) is 9.90 Å². The molecule has 1 aromatic carbocycles. The molecule has 0 saturated heterocycles. The molecule has 0 aliphatic carbocycles. The number of benzene rings is 1. The molecule has 118 valence electrons. The molecule has 1 aliphatic rings. The molecular weight excluding hydrogens is 282 g/mol. The fraction of sp³-hybridized carbons (Fsp3) is 0.438. The van der Waals surface area contributed by atoms with Gasteiger partial charge in [-0.15, -0.1) is 0 Å². The highest BCUT2D eigenvalue weighted by Gasteiger charge is 2.13. The highest BCUT2D eigenvalue weighted by atomic mass is 16.5. The number of nitrogens with two attached hydrogens (primary N) is 1. The molecule has 1 aromatic heterocycles. The molecule has 0 spiro atoms. The van der Waals surface area contributed by atoms with E-state index in [-0.39, 0.29) is 12.3 Å². The number of carbonyl (C=O) groups excluding carboxylic acids is 1. The van der Waals surface area contributed by atoms with E-state index in [1.165, 1.54) is 11.2 Å². The van der Waals surface area contributed by atoms with Crippen molar-refractivity contribution in [1.82, 2.24) is 4.57 Å². The Hall–Kier alpha value is -2.05. The third-order valence-corrected chi connectivity index (χ3v) is 3.96. The summed E-state index contributed by atoms with van der Waals surface area (Å²) in [5, 5.41) is 14.2. The molecule has 22 heavy (non-hydrogen) atoms. The number of anilines is 1. The standard InChI is InChI=1S/C16H21N3O3/c17-16(21)4-2-14(20)9-18-12-1-3-15-11(7-12)8-13-10-22-6-5-19(13)15/h1,3,7-8,14,18,20H,2,4-6,9-10H2,(H2,17,21)/t14-/m1/s1. The Bertz CT molecular complexity index is 681. The number of aliphatic hydroxyl groups is 1. The second-order valence-electron chi connectivity index (χ2n) is 5.65. The largest absolute Gasteiger partial charge is 0.391 e. The van der Waals surface area contributed by atoms with Crippen molar-refractivity contribution < 1.29 is 14.6 Å². The Kier molecular flexibility index (Phi) is 4.31. The lowest BCUT2D eigenvalue weighted by atomic mass is 10.2. The van der Waals surface area contributed by atoms with Gasteiger partial charge in [-0.2, -0.15) is 0 Å². The van der Waals surface area contributed by atoms with Crippen LogP contribution in [0.2, 0.25) is 0 Å². The van der Waals surface area contributed by atoms with Crippen molar-refractivity contribution in [2.45, 2.75) is 32.1 Å². The van der Waals surface area contributed by atoms with Gasteiger partial charge in [0.15, 0.2) is 0 Å². The number of carbonyl (C=O) groups is 1. The summed E-state index contributed by atoms with van der Waals surface area (Å²) in [6.45, 7) is 2.69. The van der Waals surface area contributed by atoms with E-state index < -0.39 is 6.10 Å². The maximum Gasteiger partial charge on any atom is 0.217 e. The smallest absolute Gasteiger partial charge is 0.217 e. The Morgan fingerprint density at radius 2 is 2.32 bits per heavy atom. The van der Waals surface area contributed by atoms with E-state index in [1.807, 2.05) is 6.07 Å². The molecule has 6 nitrogen and oxygen atoms in total. The Morgan fingerprint density at radius 1 is 1.45 bits per heavy atom. The average molecular weight is 303 g/mol. The first-order valence-electron chi connectivity index (χ1n) is 7.53. The molecule has 2 heterocycles. The minimum Gasteiger partial charge on any atom is -0.391 e. The summed E-state index contributed by atoms with van der Waals surface area (Å²) in [6, 6.07) is 8.30. The molecule has 0 unspecified atom stereocenters. The number of hydrogen-bond acceptors (Lipinski definition) is 4. The Morgan fingerprint density at radius 3 is 3.14 bits per heavy atom. The number of nitrogens with zero attached hydrogens (tertiary/aromatic N) is 1. The average Bonchev–Trinajstić information content (AvgIpc) is 2.88. The molecule has 0 saturated carbocycles. The summed E-state index contributed by atoms with van der Waals surface area (Å²) < 4.78 is 7.76. The fourth-order valence-corrected chi connectivity index (χ4v) is 2.80. The van der Waals surface area contributed by atoms with Crippen LogP contribution >= 0.6 is 0 Å². The van der Waals surface area contributed by atoms with E-state index in [0.717, 1.165) is 24.2 Å². The van der Waals surface area contributed by atoms with Gasteiger partial charge < -0.3 is 25.5 Å². The van der Waals surface area contributed by atoms with Crippen LogP contribution in [0.5, 0.6) is 0 Å². The van der Waals surface area contributed by atoms with E-state index in [4.69, 9.17) is 10.5 Å². The van der Waals surface area contributed by atoms with Crippen LogP contribution in [0.15, 0.2) is 24.3 Å². The van der Waals surface area contributed by atoms with Gasteiger partial charge in [-0.3, -0.25) is 4.79 Å². The summed E-state index contributed by atoms with van der Waals surface area (Å²) in [5.74, 6) is -0.387. The quantitative estimate of drug-likeness (QED) is 0.748. The number of amides is 1. The predicted molar refractivity (Wildman–Crippen MR) is 84.5 cm³/mol. The first-order chi connectivity index (χ1) is 10.6. The SMILES string of the molecule is NC(=O)CC[C@@H](O)CNc1ccc2c(c1)cc1n2CCOC1. The molecule has 1 atom stereocenters. The monoisotopic (exact) mass is 303 g/mol. The molecule has 3 rings (SSSR count). The lowest BCUT2D eigenvalue weighted by Gasteiger charge is -2.16. The van der Waals surface area contributed by atoms with Crippen LogP contribution in [-0.2, 0) is 22.7 Å². The lowest BCUT2D eigenvalue weighted by Crippen LogP contribution is -2.22. The van der Waals surface area contributed by atoms with Crippen LogP contribution in [0.25, 0.3) is 10.9 Å². The fourth-order valence-electron chi connectivity index (χ4n) is 2.80. The van der Waals surface area contributed by atoms with E-state index in [1.54, 1.807) is 0 Å². The minimum absolute atomic E-state index is 0.202. The zero-order valence-corrected chi connectivity index (χ0v) is 12.4. The van der Waals surface area contributed by atoms with Gasteiger partial charge in [0.2, 0.25) is 5.91 Å². The molecule has 6 heteroatoms. The first-order valence-corrected chi connectivity index (χ1v) is 7.53. The molecule has 0 radical (unpaired) electrons. The number of primary amides is 1. The molecular formula is C16H21N3O3. The Balaban J connectivity index is 1.66. The van der Waals surface area contributed by atoms with Gasteiger partial charge in [-0.25, -0.2) is 0 Å². The number of hydrogen-bond donors (Lipinski definition) is 3. The van der Waals surface area contributed by atoms with Crippen LogP contribution in [0.3, 0.4) is 0 Å². The van der Waals surface area contributed by atoms with Crippen LogP contribution in [0.1, 0.15) is 18.5 Å². The van der Waals surface area contributed by atoms with Crippen molar-refractivity contribution in [2.24, 2.45) is 5.73 Å². The zero-order valence-electron chi connectivity index (χ0n) is 12.4. The van der Waals surface area contributed by atoms with Gasteiger partial charge in [-0.1, -0.05) is 0 Å². The lowest BCUT2D eigenvalue weighted by molar-refractivity contribution is -0.118. The maximum absolute atomic E-state index is 10.7. The molecule has 1 aliphatic heterocycles. The molecule has 2 aromatic rings. The summed E-state index contributed by atoms with van der Waals surface area (Å²) in [7, 11) is 0. The number of ether oxygens (including phenoxy) is 1. The van der Waals surface area contributed by atoms with Crippen LogP contribution in [0, 0.1) is 0 Å². The molecule has 4 N–H and O–H groups in total. The van der Waals surface area contributed by atoms with Crippen molar-refractivity contribution in [1.29, 1.82) is 0 Å². The number of rotatable bonds is 6. The van der Waals surface area contributed by atoms with Crippen LogP contribution in [0.4, 0.5) is 5.69 Å². The number of fused-ring (bicyclic) bond motifs is 3. The third kappa shape index (κ3) is 3.23. The van der Waals surface area contributed by atoms with E-state index in [2.05, 4.69) is 28.1 Å². The molecule has 0 bridgehead atoms. The van der Waals surface area contributed by atoms with Crippen molar-refractivity contribution >= 4 is 22.5 Å². The second-order valence-corrected chi connectivity index (χ2v) is 5.65. The van der Waals surface area contributed by atoms with Crippen LogP contribution < -0.4 is 11.1 Å². The van der Waals surface area contributed by atoms with Crippen molar-refractivity contribution in [2.75, 3.05) is 18.5 Å². The molecule has 1 amide bonds. The van der Waals surface area contributed by atoms with Crippen LogP contribution in [-0.4, -0.2) is 34.8 Å². The summed E-state index contributed by atoms with van der Waals surface area (Å²) >= 11 is 0. The van der Waals surface area contributed by atoms with Gasteiger partial charge in [0.05, 0.1) is 19.3 Å². The molecule has 0 fully saturated rings. The van der Waals surface area contributed by atoms with E-state index >= 15 is 0 Å². The normalized spacial score (nSPS) is 15.5.